The molecule has 3 N–H and O–H groups in total. The summed E-state index contributed by atoms with van der Waals surface area (Å²) in [7, 11) is 0. The van der Waals surface area contributed by atoms with Crippen molar-refractivity contribution in [1.29, 1.82) is 0 Å². The summed E-state index contributed by atoms with van der Waals surface area (Å²) in [6, 6.07) is 7.06. The van der Waals surface area contributed by atoms with E-state index in [9.17, 15) is 5.11 Å². The molecule has 5 heteroatoms. The van der Waals surface area contributed by atoms with E-state index in [-0.39, 0.29) is 5.75 Å². The highest BCUT2D eigenvalue weighted by molar-refractivity contribution is 9.10. The van der Waals surface area contributed by atoms with Gasteiger partial charge in [0.1, 0.15) is 5.75 Å². The first-order valence-corrected chi connectivity index (χ1v) is 5.21. The lowest BCUT2D eigenvalue weighted by atomic mass is 10.2. The monoisotopic (exact) mass is 267 g/mol. The maximum absolute atomic E-state index is 9.29. The molecule has 0 spiro atoms. The van der Waals surface area contributed by atoms with Gasteiger partial charge in [0.05, 0.1) is 11.0 Å². The molecule has 2 aromatic rings. The zero-order valence-corrected chi connectivity index (χ0v) is 9.48. The van der Waals surface area contributed by atoms with Crippen molar-refractivity contribution in [3.63, 3.8) is 0 Å². The summed E-state index contributed by atoms with van der Waals surface area (Å²) < 4.78 is 2.50. The van der Waals surface area contributed by atoms with Crippen LogP contribution in [0.2, 0.25) is 0 Å². The SMILES string of the molecule is Nc1nn(Cc2cccc(O)c2)cc1Br. The Labute approximate surface area is 95.5 Å². The number of rotatable bonds is 2. The number of phenolic OH excluding ortho intramolecular Hbond substituents is 1. The van der Waals surface area contributed by atoms with E-state index in [1.165, 1.54) is 0 Å². The molecule has 0 radical (unpaired) electrons. The van der Waals surface area contributed by atoms with Crippen LogP contribution in [0.15, 0.2) is 34.9 Å². The number of hydrogen-bond donors (Lipinski definition) is 2. The Morgan fingerprint density at radius 3 is 2.87 bits per heavy atom. The molecule has 2 rings (SSSR count). The van der Waals surface area contributed by atoms with Crippen molar-refractivity contribution in [1.82, 2.24) is 9.78 Å². The number of phenols is 1. The third-order valence-electron chi connectivity index (χ3n) is 2.00. The van der Waals surface area contributed by atoms with E-state index in [4.69, 9.17) is 5.73 Å². The topological polar surface area (TPSA) is 64.1 Å². The van der Waals surface area contributed by atoms with Crippen molar-refractivity contribution >= 4 is 21.7 Å². The zero-order chi connectivity index (χ0) is 10.8. The zero-order valence-electron chi connectivity index (χ0n) is 7.89. The lowest BCUT2D eigenvalue weighted by molar-refractivity contribution is 0.474. The third-order valence-corrected chi connectivity index (χ3v) is 2.61. The number of nitrogens with two attached hydrogens (primary N) is 1. The van der Waals surface area contributed by atoms with E-state index >= 15 is 0 Å². The number of aromatic nitrogens is 2. The fourth-order valence-electron chi connectivity index (χ4n) is 1.33. The van der Waals surface area contributed by atoms with Gasteiger partial charge >= 0.3 is 0 Å². The molecule has 0 unspecified atom stereocenters. The van der Waals surface area contributed by atoms with Gasteiger partial charge in [-0.15, -0.1) is 0 Å². The molecule has 0 aliphatic heterocycles. The van der Waals surface area contributed by atoms with Crippen molar-refractivity contribution < 1.29 is 5.11 Å². The minimum Gasteiger partial charge on any atom is -0.508 e. The minimum atomic E-state index is 0.256. The van der Waals surface area contributed by atoms with Crippen LogP contribution in [0.5, 0.6) is 5.75 Å². The summed E-state index contributed by atoms with van der Waals surface area (Å²) in [5.74, 6) is 0.724. The van der Waals surface area contributed by atoms with E-state index in [0.29, 0.717) is 12.4 Å². The molecular weight excluding hydrogens is 258 g/mol. The molecule has 0 bridgehead atoms. The fraction of sp³-hybridized carbons (Fsp3) is 0.100. The number of aromatic hydroxyl groups is 1. The first kappa shape index (κ1) is 10.0. The molecule has 1 heterocycles. The molecule has 4 nitrogen and oxygen atoms in total. The molecule has 0 aliphatic carbocycles. The summed E-state index contributed by atoms with van der Waals surface area (Å²) in [4.78, 5) is 0. The van der Waals surface area contributed by atoms with Gasteiger partial charge in [-0.1, -0.05) is 12.1 Å². The minimum absolute atomic E-state index is 0.256. The van der Waals surface area contributed by atoms with Gasteiger partial charge in [-0.2, -0.15) is 5.10 Å². The second-order valence-electron chi connectivity index (χ2n) is 3.23. The Kier molecular flexibility index (Phi) is 2.64. The van der Waals surface area contributed by atoms with Gasteiger partial charge < -0.3 is 10.8 Å². The summed E-state index contributed by atoms with van der Waals surface area (Å²) in [6.07, 6.45) is 1.80. The number of nitrogens with zero attached hydrogens (tertiary/aromatic N) is 2. The van der Waals surface area contributed by atoms with Gasteiger partial charge in [0, 0.05) is 6.20 Å². The van der Waals surface area contributed by atoms with E-state index in [0.717, 1.165) is 10.0 Å². The fourth-order valence-corrected chi connectivity index (χ4v) is 1.65. The Bertz CT molecular complexity index is 462. The molecule has 0 atom stereocenters. The molecule has 1 aromatic heterocycles. The standard InChI is InChI=1S/C10H10BrN3O/c11-9-6-14(13-10(9)12)5-7-2-1-3-8(15)4-7/h1-4,6,15H,5H2,(H2,12,13). The maximum Gasteiger partial charge on any atom is 0.159 e. The summed E-state index contributed by atoms with van der Waals surface area (Å²) in [6.45, 7) is 0.588. The van der Waals surface area contributed by atoms with Gasteiger partial charge in [-0.05, 0) is 33.6 Å². The smallest absolute Gasteiger partial charge is 0.159 e. The van der Waals surface area contributed by atoms with Gasteiger partial charge in [-0.3, -0.25) is 4.68 Å². The number of hydrogen-bond acceptors (Lipinski definition) is 3. The van der Waals surface area contributed by atoms with Crippen LogP contribution in [-0.4, -0.2) is 14.9 Å². The van der Waals surface area contributed by atoms with Crippen LogP contribution in [0, 0.1) is 0 Å². The molecule has 0 saturated carbocycles. The van der Waals surface area contributed by atoms with Crippen LogP contribution in [0.3, 0.4) is 0 Å². The summed E-state index contributed by atoms with van der Waals surface area (Å²) in [5, 5.41) is 13.4. The van der Waals surface area contributed by atoms with E-state index in [1.54, 1.807) is 29.1 Å². The second-order valence-corrected chi connectivity index (χ2v) is 4.08. The van der Waals surface area contributed by atoms with Crippen molar-refractivity contribution in [2.75, 3.05) is 5.73 Å². The molecular formula is C10H10BrN3O. The number of anilines is 1. The number of benzene rings is 1. The van der Waals surface area contributed by atoms with E-state index in [2.05, 4.69) is 21.0 Å². The highest BCUT2D eigenvalue weighted by Crippen LogP contribution is 2.18. The Morgan fingerprint density at radius 1 is 1.47 bits per heavy atom. The van der Waals surface area contributed by atoms with Gasteiger partial charge in [0.2, 0.25) is 0 Å². The van der Waals surface area contributed by atoms with Crippen molar-refractivity contribution in [3.05, 3.63) is 40.5 Å². The van der Waals surface area contributed by atoms with Crippen LogP contribution >= 0.6 is 15.9 Å². The van der Waals surface area contributed by atoms with Crippen LogP contribution in [0.25, 0.3) is 0 Å². The molecule has 0 amide bonds. The number of halogens is 1. The first-order valence-electron chi connectivity index (χ1n) is 4.41. The normalized spacial score (nSPS) is 10.5. The highest BCUT2D eigenvalue weighted by Gasteiger charge is 2.02. The molecule has 15 heavy (non-hydrogen) atoms. The van der Waals surface area contributed by atoms with Gasteiger partial charge in [-0.25, -0.2) is 0 Å². The van der Waals surface area contributed by atoms with Crippen molar-refractivity contribution in [3.8, 4) is 5.75 Å². The van der Waals surface area contributed by atoms with Crippen LogP contribution in [0.4, 0.5) is 5.82 Å². The molecule has 78 valence electrons. The third kappa shape index (κ3) is 2.30. The Hall–Kier alpha value is -1.49. The average Bonchev–Trinajstić information content (AvgIpc) is 2.45. The molecule has 0 fully saturated rings. The molecule has 0 saturated heterocycles. The lowest BCUT2D eigenvalue weighted by Crippen LogP contribution is -2.00. The van der Waals surface area contributed by atoms with Gasteiger partial charge in [0.25, 0.3) is 0 Å². The van der Waals surface area contributed by atoms with Crippen LogP contribution < -0.4 is 5.73 Å². The van der Waals surface area contributed by atoms with Crippen molar-refractivity contribution in [2.24, 2.45) is 0 Å². The summed E-state index contributed by atoms with van der Waals surface area (Å²) in [5.41, 5.74) is 6.57. The number of nitrogen functional groups attached to an aromatic ring is 1. The average molecular weight is 268 g/mol. The summed E-state index contributed by atoms with van der Waals surface area (Å²) >= 11 is 3.29. The van der Waals surface area contributed by atoms with Gasteiger partial charge in [0.15, 0.2) is 5.82 Å². The largest absolute Gasteiger partial charge is 0.508 e. The first-order chi connectivity index (χ1) is 7.15. The predicted octanol–water partition coefficient (Wildman–Crippen LogP) is 1.98. The Balaban J connectivity index is 2.22. The Morgan fingerprint density at radius 2 is 2.27 bits per heavy atom. The predicted molar refractivity (Wildman–Crippen MR) is 61.5 cm³/mol. The molecule has 0 aliphatic rings. The maximum atomic E-state index is 9.29. The van der Waals surface area contributed by atoms with E-state index in [1.807, 2.05) is 6.07 Å². The highest BCUT2D eigenvalue weighted by atomic mass is 79.9. The quantitative estimate of drug-likeness (QED) is 0.875. The lowest BCUT2D eigenvalue weighted by Gasteiger charge is -2.01. The van der Waals surface area contributed by atoms with Crippen LogP contribution in [-0.2, 0) is 6.54 Å². The van der Waals surface area contributed by atoms with Crippen molar-refractivity contribution in [2.45, 2.75) is 6.54 Å². The van der Waals surface area contributed by atoms with E-state index < -0.39 is 0 Å². The second kappa shape index (κ2) is 3.94. The molecule has 1 aromatic carbocycles. The van der Waals surface area contributed by atoms with Crippen LogP contribution in [0.1, 0.15) is 5.56 Å².